The number of guanidine groups is 1. The first kappa shape index (κ1) is 21.5. The van der Waals surface area contributed by atoms with Gasteiger partial charge in [0.1, 0.15) is 0 Å². The molecule has 1 atom stereocenters. The predicted molar refractivity (Wildman–Crippen MR) is 110 cm³/mol. The average Bonchev–Trinajstić information content (AvgIpc) is 3.30. The molecule has 24 heavy (non-hydrogen) atoms. The molecule has 1 saturated carbocycles. The van der Waals surface area contributed by atoms with E-state index in [1.54, 1.807) is 0 Å². The molecule has 2 fully saturated rings. The highest BCUT2D eigenvalue weighted by atomic mass is 127. The van der Waals surface area contributed by atoms with Gasteiger partial charge in [-0.2, -0.15) is 0 Å². The Bertz CT molecular complexity index is 400. The third-order valence-electron chi connectivity index (χ3n) is 4.43. The SMILES string of the molecule is CCCN1CCC(CN=C(NCC)NCCNC(=O)C2CC2)C1.I. The zero-order valence-corrected chi connectivity index (χ0v) is 17.5. The third-order valence-corrected chi connectivity index (χ3v) is 4.43. The number of rotatable bonds is 9. The second-order valence-corrected chi connectivity index (χ2v) is 6.67. The zero-order chi connectivity index (χ0) is 16.5. The summed E-state index contributed by atoms with van der Waals surface area (Å²) in [7, 11) is 0. The lowest BCUT2D eigenvalue weighted by Gasteiger charge is -2.15. The first-order valence-corrected chi connectivity index (χ1v) is 9.25. The molecule has 7 heteroatoms. The van der Waals surface area contributed by atoms with Crippen LogP contribution in [0.1, 0.15) is 39.5 Å². The van der Waals surface area contributed by atoms with Crippen LogP contribution in [-0.4, -0.2) is 62.6 Å². The van der Waals surface area contributed by atoms with Crippen LogP contribution in [0.5, 0.6) is 0 Å². The smallest absolute Gasteiger partial charge is 0.223 e. The van der Waals surface area contributed by atoms with Crippen LogP contribution in [0.15, 0.2) is 4.99 Å². The molecular weight excluding hydrogens is 417 g/mol. The molecular formula is C17H34IN5O. The number of halogens is 1. The van der Waals surface area contributed by atoms with E-state index < -0.39 is 0 Å². The van der Waals surface area contributed by atoms with Gasteiger partial charge in [0.25, 0.3) is 0 Å². The Morgan fingerprint density at radius 2 is 1.88 bits per heavy atom. The van der Waals surface area contributed by atoms with Crippen molar-refractivity contribution in [1.82, 2.24) is 20.9 Å². The van der Waals surface area contributed by atoms with E-state index in [1.807, 2.05) is 0 Å². The normalized spacial score (nSPS) is 21.2. The van der Waals surface area contributed by atoms with E-state index in [-0.39, 0.29) is 35.8 Å². The molecule has 1 aliphatic heterocycles. The molecule has 1 heterocycles. The minimum absolute atomic E-state index is 0. The molecule has 3 N–H and O–H groups in total. The average molecular weight is 451 g/mol. The maximum absolute atomic E-state index is 11.6. The number of aliphatic imine (C=N–C) groups is 1. The van der Waals surface area contributed by atoms with E-state index in [4.69, 9.17) is 4.99 Å². The second-order valence-electron chi connectivity index (χ2n) is 6.67. The Balaban J connectivity index is 0.00000288. The summed E-state index contributed by atoms with van der Waals surface area (Å²) in [5.74, 6) is 2.02. The first-order valence-electron chi connectivity index (χ1n) is 9.25. The lowest BCUT2D eigenvalue weighted by atomic mass is 10.1. The summed E-state index contributed by atoms with van der Waals surface area (Å²) in [6.45, 7) is 11.0. The number of carbonyl (C=O) groups excluding carboxylic acids is 1. The van der Waals surface area contributed by atoms with Crippen molar-refractivity contribution < 1.29 is 4.79 Å². The van der Waals surface area contributed by atoms with Gasteiger partial charge in [-0.05, 0) is 51.6 Å². The Morgan fingerprint density at radius 3 is 2.54 bits per heavy atom. The first-order chi connectivity index (χ1) is 11.2. The van der Waals surface area contributed by atoms with Crippen molar-refractivity contribution in [2.75, 3.05) is 45.8 Å². The van der Waals surface area contributed by atoms with Gasteiger partial charge >= 0.3 is 0 Å². The Hall–Kier alpha value is -0.570. The van der Waals surface area contributed by atoms with E-state index in [0.717, 1.165) is 38.4 Å². The summed E-state index contributed by atoms with van der Waals surface area (Å²) in [5.41, 5.74) is 0. The molecule has 140 valence electrons. The number of amides is 1. The largest absolute Gasteiger partial charge is 0.357 e. The van der Waals surface area contributed by atoms with E-state index >= 15 is 0 Å². The van der Waals surface area contributed by atoms with Crippen molar-refractivity contribution in [2.45, 2.75) is 39.5 Å². The summed E-state index contributed by atoms with van der Waals surface area (Å²) >= 11 is 0. The lowest BCUT2D eigenvalue weighted by Crippen LogP contribution is -2.42. The molecule has 6 nitrogen and oxygen atoms in total. The number of nitrogens with one attached hydrogen (secondary N) is 3. The third kappa shape index (κ3) is 8.00. The van der Waals surface area contributed by atoms with Crippen molar-refractivity contribution in [3.63, 3.8) is 0 Å². The number of hydrogen-bond donors (Lipinski definition) is 3. The summed E-state index contributed by atoms with van der Waals surface area (Å²) in [4.78, 5) is 18.8. The van der Waals surface area contributed by atoms with Gasteiger partial charge in [-0.3, -0.25) is 9.79 Å². The molecule has 1 saturated heterocycles. The van der Waals surface area contributed by atoms with Crippen LogP contribution in [-0.2, 0) is 4.79 Å². The quantitative estimate of drug-likeness (QED) is 0.215. The highest BCUT2D eigenvalue weighted by Gasteiger charge is 2.29. The van der Waals surface area contributed by atoms with E-state index in [2.05, 4.69) is 34.7 Å². The van der Waals surface area contributed by atoms with E-state index in [1.165, 1.54) is 32.5 Å². The summed E-state index contributed by atoms with van der Waals surface area (Å²) in [6.07, 6.45) is 4.59. The second kappa shape index (κ2) is 11.9. The summed E-state index contributed by atoms with van der Waals surface area (Å²) < 4.78 is 0. The minimum Gasteiger partial charge on any atom is -0.357 e. The van der Waals surface area contributed by atoms with Gasteiger partial charge in [-0.15, -0.1) is 24.0 Å². The Labute approximate surface area is 163 Å². The fourth-order valence-electron chi connectivity index (χ4n) is 3.00. The molecule has 2 aliphatic rings. The molecule has 0 aromatic rings. The molecule has 0 bridgehead atoms. The summed E-state index contributed by atoms with van der Waals surface area (Å²) in [6, 6.07) is 0. The fraction of sp³-hybridized carbons (Fsp3) is 0.882. The highest BCUT2D eigenvalue weighted by molar-refractivity contribution is 14.0. The van der Waals surface area contributed by atoms with Crippen molar-refractivity contribution in [1.29, 1.82) is 0 Å². The van der Waals surface area contributed by atoms with Gasteiger partial charge in [-0.1, -0.05) is 6.92 Å². The monoisotopic (exact) mass is 451 g/mol. The van der Waals surface area contributed by atoms with Crippen LogP contribution in [0.25, 0.3) is 0 Å². The summed E-state index contributed by atoms with van der Waals surface area (Å²) in [5, 5.41) is 9.55. The van der Waals surface area contributed by atoms with Gasteiger partial charge in [0.05, 0.1) is 0 Å². The van der Waals surface area contributed by atoms with Crippen LogP contribution < -0.4 is 16.0 Å². The maximum atomic E-state index is 11.6. The van der Waals surface area contributed by atoms with Crippen LogP contribution >= 0.6 is 24.0 Å². The Kier molecular flexibility index (Phi) is 10.6. The molecule has 1 amide bonds. The molecule has 1 unspecified atom stereocenters. The van der Waals surface area contributed by atoms with Crippen molar-refractivity contribution >= 4 is 35.8 Å². The molecule has 0 radical (unpaired) electrons. The zero-order valence-electron chi connectivity index (χ0n) is 15.1. The predicted octanol–water partition coefficient (Wildman–Crippen LogP) is 1.42. The van der Waals surface area contributed by atoms with Gasteiger partial charge < -0.3 is 20.9 Å². The standard InChI is InChI=1S/C17H33N5O.HI/c1-3-10-22-11-7-14(13-22)12-21-17(18-4-2)20-9-8-19-16(23)15-5-6-15;/h14-15H,3-13H2,1-2H3,(H,19,23)(H2,18,20,21);1H. The fourth-order valence-corrected chi connectivity index (χ4v) is 3.00. The van der Waals surface area contributed by atoms with Crippen LogP contribution in [0, 0.1) is 11.8 Å². The number of nitrogens with zero attached hydrogens (tertiary/aromatic N) is 2. The van der Waals surface area contributed by atoms with Gasteiger partial charge in [0.2, 0.25) is 5.91 Å². The van der Waals surface area contributed by atoms with Gasteiger partial charge in [0, 0.05) is 38.6 Å². The van der Waals surface area contributed by atoms with Gasteiger partial charge in [-0.25, -0.2) is 0 Å². The highest BCUT2D eigenvalue weighted by Crippen LogP contribution is 2.28. The van der Waals surface area contributed by atoms with Crippen LogP contribution in [0.3, 0.4) is 0 Å². The number of carbonyl (C=O) groups is 1. The van der Waals surface area contributed by atoms with E-state index in [9.17, 15) is 4.79 Å². The van der Waals surface area contributed by atoms with Gasteiger partial charge in [0.15, 0.2) is 5.96 Å². The van der Waals surface area contributed by atoms with Crippen molar-refractivity contribution in [3.05, 3.63) is 0 Å². The maximum Gasteiger partial charge on any atom is 0.223 e. The molecule has 0 aromatic heterocycles. The van der Waals surface area contributed by atoms with Crippen molar-refractivity contribution in [3.8, 4) is 0 Å². The topological polar surface area (TPSA) is 68.8 Å². The molecule has 1 aliphatic carbocycles. The minimum atomic E-state index is 0. The van der Waals surface area contributed by atoms with Crippen LogP contribution in [0.2, 0.25) is 0 Å². The molecule has 2 rings (SSSR count). The molecule has 0 spiro atoms. The number of likely N-dealkylation sites (tertiary alicyclic amines) is 1. The number of hydrogen-bond acceptors (Lipinski definition) is 3. The molecule has 0 aromatic carbocycles. The van der Waals surface area contributed by atoms with E-state index in [0.29, 0.717) is 12.5 Å². The van der Waals surface area contributed by atoms with Crippen LogP contribution in [0.4, 0.5) is 0 Å². The van der Waals surface area contributed by atoms with Crippen molar-refractivity contribution in [2.24, 2.45) is 16.8 Å². The lowest BCUT2D eigenvalue weighted by molar-refractivity contribution is -0.122. The Morgan fingerprint density at radius 1 is 1.12 bits per heavy atom.